The van der Waals surface area contributed by atoms with Gasteiger partial charge in [-0.25, -0.2) is 0 Å². The lowest BCUT2D eigenvalue weighted by atomic mass is 10.1. The van der Waals surface area contributed by atoms with Crippen LogP contribution < -0.4 is 19.1 Å². The van der Waals surface area contributed by atoms with Gasteiger partial charge in [-0.05, 0) is 55.3 Å². The van der Waals surface area contributed by atoms with E-state index in [1.807, 2.05) is 47.4 Å². The van der Waals surface area contributed by atoms with Crippen molar-refractivity contribution in [2.45, 2.75) is 38.8 Å². The van der Waals surface area contributed by atoms with Crippen molar-refractivity contribution in [1.29, 1.82) is 0 Å². The lowest BCUT2D eigenvalue weighted by Crippen LogP contribution is -2.33. The number of hydrogen-bond donors (Lipinski definition) is 0. The minimum absolute atomic E-state index is 0.00149. The van der Waals surface area contributed by atoms with Gasteiger partial charge in [-0.15, -0.1) is 0 Å². The Morgan fingerprint density at radius 3 is 2.36 bits per heavy atom. The third-order valence-electron chi connectivity index (χ3n) is 6.72. The summed E-state index contributed by atoms with van der Waals surface area (Å²) in [5.74, 6) is 2.20. The highest BCUT2D eigenvalue weighted by atomic mass is 16.5. The molecule has 0 aliphatic carbocycles. The number of benzene rings is 3. The maximum Gasteiger partial charge on any atom is 0.258 e. The van der Waals surface area contributed by atoms with Crippen LogP contribution in [0.15, 0.2) is 66.7 Å². The fourth-order valence-electron chi connectivity index (χ4n) is 4.88. The zero-order chi connectivity index (χ0) is 25.3. The molecule has 0 spiro atoms. The number of anilines is 1. The first-order chi connectivity index (χ1) is 17.6. The molecule has 1 aliphatic heterocycles. The van der Waals surface area contributed by atoms with E-state index in [1.165, 1.54) is 0 Å². The summed E-state index contributed by atoms with van der Waals surface area (Å²) in [5.41, 5.74) is 3.83. The number of carbonyl (C=O) groups excluding carboxylic acids is 1. The number of hydrogen-bond acceptors (Lipinski definition) is 5. The fraction of sp³-hybridized carbons (Fsp3) is 0.367. The van der Waals surface area contributed by atoms with E-state index in [9.17, 15) is 4.79 Å². The molecule has 0 unspecified atom stereocenters. The average molecular weight is 489 g/mol. The van der Waals surface area contributed by atoms with Crippen LogP contribution >= 0.6 is 0 Å². The Kier molecular flexibility index (Phi) is 8.85. The second kappa shape index (κ2) is 12.5. The molecule has 36 heavy (non-hydrogen) atoms. The SMILES string of the molecule is COc1cccc(C(=O)N2CCCCCCN(Cc3cccc(OC)c3OC)Cc3ccccc32)c1. The number of ether oxygens (including phenoxy) is 3. The first kappa shape index (κ1) is 25.6. The first-order valence-corrected chi connectivity index (χ1v) is 12.6. The Bertz CT molecular complexity index is 1160. The molecule has 1 heterocycles. The molecule has 3 aromatic rings. The zero-order valence-electron chi connectivity index (χ0n) is 21.5. The van der Waals surface area contributed by atoms with Crippen LogP contribution in [0, 0.1) is 0 Å². The number of para-hydroxylation sites is 2. The Balaban J connectivity index is 1.66. The van der Waals surface area contributed by atoms with Gasteiger partial charge in [0.1, 0.15) is 5.75 Å². The van der Waals surface area contributed by atoms with E-state index in [2.05, 4.69) is 29.2 Å². The number of methoxy groups -OCH3 is 3. The van der Waals surface area contributed by atoms with E-state index in [0.29, 0.717) is 17.9 Å². The molecule has 0 bridgehead atoms. The molecule has 4 rings (SSSR count). The Morgan fingerprint density at radius 1 is 0.806 bits per heavy atom. The van der Waals surface area contributed by atoms with Crippen molar-refractivity contribution >= 4 is 11.6 Å². The van der Waals surface area contributed by atoms with Gasteiger partial charge in [-0.1, -0.05) is 49.2 Å². The van der Waals surface area contributed by atoms with Crippen molar-refractivity contribution in [3.63, 3.8) is 0 Å². The van der Waals surface area contributed by atoms with Gasteiger partial charge >= 0.3 is 0 Å². The fourth-order valence-corrected chi connectivity index (χ4v) is 4.88. The highest BCUT2D eigenvalue weighted by Gasteiger charge is 2.23. The summed E-state index contributed by atoms with van der Waals surface area (Å²) < 4.78 is 16.6. The zero-order valence-corrected chi connectivity index (χ0v) is 21.5. The van der Waals surface area contributed by atoms with Crippen molar-refractivity contribution in [3.8, 4) is 17.2 Å². The summed E-state index contributed by atoms with van der Waals surface area (Å²) in [5, 5.41) is 0. The maximum atomic E-state index is 13.7. The summed E-state index contributed by atoms with van der Waals surface area (Å²) in [6.07, 6.45) is 4.29. The van der Waals surface area contributed by atoms with Crippen LogP contribution in [0.5, 0.6) is 17.2 Å². The third kappa shape index (κ3) is 6.00. The largest absolute Gasteiger partial charge is 0.497 e. The molecular formula is C30H36N2O4. The van der Waals surface area contributed by atoms with E-state index in [-0.39, 0.29) is 5.91 Å². The number of nitrogens with zero attached hydrogens (tertiary/aromatic N) is 2. The second-order valence-electron chi connectivity index (χ2n) is 9.09. The number of carbonyl (C=O) groups is 1. The van der Waals surface area contributed by atoms with Gasteiger partial charge in [0.15, 0.2) is 11.5 Å². The van der Waals surface area contributed by atoms with E-state index >= 15 is 0 Å². The Hall–Kier alpha value is -3.51. The summed E-state index contributed by atoms with van der Waals surface area (Å²) >= 11 is 0. The first-order valence-electron chi connectivity index (χ1n) is 12.6. The minimum Gasteiger partial charge on any atom is -0.497 e. The van der Waals surface area contributed by atoms with Crippen molar-refractivity contribution in [2.24, 2.45) is 0 Å². The molecule has 1 aliphatic rings. The predicted octanol–water partition coefficient (Wildman–Crippen LogP) is 5.94. The topological polar surface area (TPSA) is 51.2 Å². The molecule has 3 aromatic carbocycles. The van der Waals surface area contributed by atoms with Crippen LogP contribution in [-0.2, 0) is 13.1 Å². The van der Waals surface area contributed by atoms with Crippen LogP contribution in [0.4, 0.5) is 5.69 Å². The van der Waals surface area contributed by atoms with Crippen LogP contribution in [-0.4, -0.2) is 45.2 Å². The van der Waals surface area contributed by atoms with Crippen LogP contribution in [0.2, 0.25) is 0 Å². The summed E-state index contributed by atoms with van der Waals surface area (Å²) in [6, 6.07) is 21.7. The van der Waals surface area contributed by atoms with Crippen molar-refractivity contribution in [3.05, 3.63) is 83.4 Å². The van der Waals surface area contributed by atoms with Gasteiger partial charge in [0.2, 0.25) is 0 Å². The lowest BCUT2D eigenvalue weighted by molar-refractivity contribution is 0.0986. The average Bonchev–Trinajstić information content (AvgIpc) is 2.96. The van der Waals surface area contributed by atoms with Crippen molar-refractivity contribution < 1.29 is 19.0 Å². The Morgan fingerprint density at radius 2 is 1.58 bits per heavy atom. The van der Waals surface area contributed by atoms with E-state index in [4.69, 9.17) is 14.2 Å². The third-order valence-corrected chi connectivity index (χ3v) is 6.72. The summed E-state index contributed by atoms with van der Waals surface area (Å²) in [7, 11) is 4.97. The van der Waals surface area contributed by atoms with Gasteiger partial charge in [-0.3, -0.25) is 9.69 Å². The van der Waals surface area contributed by atoms with E-state index in [1.54, 1.807) is 21.3 Å². The van der Waals surface area contributed by atoms with Gasteiger partial charge in [-0.2, -0.15) is 0 Å². The monoisotopic (exact) mass is 488 g/mol. The van der Waals surface area contributed by atoms with E-state index in [0.717, 1.165) is 73.6 Å². The molecule has 0 aromatic heterocycles. The minimum atomic E-state index is 0.00149. The smallest absolute Gasteiger partial charge is 0.258 e. The van der Waals surface area contributed by atoms with Gasteiger partial charge in [0.05, 0.1) is 21.3 Å². The Labute approximate surface area is 214 Å². The molecule has 0 saturated heterocycles. The molecule has 190 valence electrons. The van der Waals surface area contributed by atoms with Crippen molar-refractivity contribution in [1.82, 2.24) is 4.90 Å². The van der Waals surface area contributed by atoms with Gasteiger partial charge in [0, 0.05) is 36.4 Å². The normalized spacial score (nSPS) is 14.9. The van der Waals surface area contributed by atoms with Gasteiger partial charge in [0.25, 0.3) is 5.91 Å². The molecule has 6 nitrogen and oxygen atoms in total. The number of fused-ring (bicyclic) bond motifs is 1. The highest BCUT2D eigenvalue weighted by molar-refractivity contribution is 6.06. The van der Waals surface area contributed by atoms with Crippen LogP contribution in [0.1, 0.15) is 47.2 Å². The van der Waals surface area contributed by atoms with Gasteiger partial charge < -0.3 is 19.1 Å². The summed E-state index contributed by atoms with van der Waals surface area (Å²) in [4.78, 5) is 18.1. The molecule has 0 atom stereocenters. The molecule has 0 radical (unpaired) electrons. The molecule has 0 fully saturated rings. The number of rotatable bonds is 6. The predicted molar refractivity (Wildman–Crippen MR) is 143 cm³/mol. The molecular weight excluding hydrogens is 452 g/mol. The van der Waals surface area contributed by atoms with Crippen LogP contribution in [0.25, 0.3) is 0 Å². The molecule has 6 heteroatoms. The second-order valence-corrected chi connectivity index (χ2v) is 9.09. The molecule has 1 amide bonds. The quantitative estimate of drug-likeness (QED) is 0.430. The highest BCUT2D eigenvalue weighted by Crippen LogP contribution is 2.33. The maximum absolute atomic E-state index is 13.7. The van der Waals surface area contributed by atoms with E-state index < -0.39 is 0 Å². The van der Waals surface area contributed by atoms with Crippen molar-refractivity contribution in [2.75, 3.05) is 39.3 Å². The molecule has 0 N–H and O–H groups in total. The van der Waals surface area contributed by atoms with Crippen LogP contribution in [0.3, 0.4) is 0 Å². The number of amides is 1. The standard InChI is InChI=1S/C30H36N2O4/c1-34-26-15-10-13-23(20-26)30(33)32-19-9-5-4-8-18-31(21-24-12-6-7-16-27(24)32)22-25-14-11-17-28(35-2)29(25)36-3/h6-7,10-17,20H,4-5,8-9,18-19,21-22H2,1-3H3. The lowest BCUT2D eigenvalue weighted by Gasteiger charge is -2.28. The summed E-state index contributed by atoms with van der Waals surface area (Å²) in [6.45, 7) is 3.13. The molecule has 0 saturated carbocycles.